The van der Waals surface area contributed by atoms with E-state index >= 15 is 0 Å². The van der Waals surface area contributed by atoms with Gasteiger partial charge in [-0.05, 0) is 31.2 Å². The van der Waals surface area contributed by atoms with Crippen LogP contribution in [-0.2, 0) is 0 Å². The van der Waals surface area contributed by atoms with E-state index in [1.54, 1.807) is 36.7 Å². The Labute approximate surface area is 132 Å². The van der Waals surface area contributed by atoms with Crippen molar-refractivity contribution in [2.75, 3.05) is 5.32 Å². The van der Waals surface area contributed by atoms with Crippen molar-refractivity contribution in [1.29, 1.82) is 0 Å². The first-order valence-corrected chi connectivity index (χ1v) is 6.85. The maximum atomic E-state index is 12.1. The van der Waals surface area contributed by atoms with Gasteiger partial charge in [-0.25, -0.2) is 4.98 Å². The van der Waals surface area contributed by atoms with Crippen LogP contribution in [0.15, 0.2) is 55.1 Å². The molecule has 0 unspecified atom stereocenters. The van der Waals surface area contributed by atoms with Crippen LogP contribution < -0.4 is 10.1 Å². The van der Waals surface area contributed by atoms with Crippen LogP contribution in [-0.4, -0.2) is 25.8 Å². The monoisotopic (exact) mass is 307 g/mol. The number of aryl methyl sites for hydroxylation is 1. The molecule has 1 amide bonds. The molecule has 0 bridgehead atoms. The van der Waals surface area contributed by atoms with Crippen LogP contribution in [0.3, 0.4) is 0 Å². The van der Waals surface area contributed by atoms with E-state index in [0.29, 0.717) is 11.4 Å². The Balaban J connectivity index is 1.74. The Kier molecular flexibility index (Phi) is 4.19. The summed E-state index contributed by atoms with van der Waals surface area (Å²) in [6.45, 7) is 1.82. The molecule has 0 aliphatic rings. The van der Waals surface area contributed by atoms with Gasteiger partial charge in [0.15, 0.2) is 5.82 Å². The van der Waals surface area contributed by atoms with Crippen molar-refractivity contribution >= 4 is 11.7 Å². The number of anilines is 1. The van der Waals surface area contributed by atoms with Gasteiger partial charge in [0.2, 0.25) is 5.88 Å². The first-order valence-electron chi connectivity index (χ1n) is 6.85. The zero-order valence-corrected chi connectivity index (χ0v) is 12.3. The van der Waals surface area contributed by atoms with Gasteiger partial charge in [0.1, 0.15) is 11.4 Å². The van der Waals surface area contributed by atoms with Crippen molar-refractivity contribution in [1.82, 2.24) is 19.9 Å². The van der Waals surface area contributed by atoms with Crippen molar-refractivity contribution in [3.63, 3.8) is 0 Å². The SMILES string of the molecule is Cc1cccc(C(=O)Nc2cncc(Oc3cccnc3)n2)n1. The van der Waals surface area contributed by atoms with Crippen LogP contribution in [0, 0.1) is 6.92 Å². The van der Waals surface area contributed by atoms with Gasteiger partial charge in [-0.2, -0.15) is 4.98 Å². The maximum absolute atomic E-state index is 12.1. The van der Waals surface area contributed by atoms with E-state index in [1.165, 1.54) is 12.4 Å². The second kappa shape index (κ2) is 6.61. The van der Waals surface area contributed by atoms with Crippen LogP contribution in [0.1, 0.15) is 16.2 Å². The number of ether oxygens (including phenoxy) is 1. The second-order valence-electron chi connectivity index (χ2n) is 4.65. The Morgan fingerprint density at radius 1 is 1.04 bits per heavy atom. The minimum atomic E-state index is -0.360. The molecule has 7 heteroatoms. The van der Waals surface area contributed by atoms with Gasteiger partial charge in [-0.3, -0.25) is 14.8 Å². The number of nitrogens with zero attached hydrogens (tertiary/aromatic N) is 4. The fourth-order valence-electron chi connectivity index (χ4n) is 1.84. The van der Waals surface area contributed by atoms with E-state index in [-0.39, 0.29) is 17.6 Å². The highest BCUT2D eigenvalue weighted by Gasteiger charge is 2.09. The van der Waals surface area contributed by atoms with E-state index < -0.39 is 0 Å². The highest BCUT2D eigenvalue weighted by Crippen LogP contribution is 2.18. The van der Waals surface area contributed by atoms with Crippen LogP contribution in [0.2, 0.25) is 0 Å². The van der Waals surface area contributed by atoms with E-state index in [9.17, 15) is 4.79 Å². The summed E-state index contributed by atoms with van der Waals surface area (Å²) in [6, 6.07) is 8.71. The lowest BCUT2D eigenvalue weighted by atomic mass is 10.3. The summed E-state index contributed by atoms with van der Waals surface area (Å²) in [5, 5.41) is 2.64. The van der Waals surface area contributed by atoms with Crippen molar-refractivity contribution < 1.29 is 9.53 Å². The van der Waals surface area contributed by atoms with E-state index in [2.05, 4.69) is 25.3 Å². The van der Waals surface area contributed by atoms with Crippen LogP contribution in [0.5, 0.6) is 11.6 Å². The Hall–Kier alpha value is -3.35. The molecule has 3 aromatic rings. The van der Waals surface area contributed by atoms with E-state index in [1.807, 2.05) is 13.0 Å². The van der Waals surface area contributed by atoms with Gasteiger partial charge in [0, 0.05) is 11.9 Å². The number of rotatable bonds is 4. The molecule has 0 atom stereocenters. The lowest BCUT2D eigenvalue weighted by molar-refractivity contribution is 0.102. The summed E-state index contributed by atoms with van der Waals surface area (Å²) in [4.78, 5) is 28.4. The number of pyridine rings is 2. The van der Waals surface area contributed by atoms with E-state index in [0.717, 1.165) is 5.69 Å². The number of amides is 1. The van der Waals surface area contributed by atoms with Crippen LogP contribution in [0.4, 0.5) is 5.82 Å². The van der Waals surface area contributed by atoms with Crippen LogP contribution >= 0.6 is 0 Å². The summed E-state index contributed by atoms with van der Waals surface area (Å²) in [7, 11) is 0. The molecule has 0 saturated heterocycles. The fourth-order valence-corrected chi connectivity index (χ4v) is 1.84. The summed E-state index contributed by atoms with van der Waals surface area (Å²) in [6.07, 6.45) is 6.09. The van der Waals surface area contributed by atoms with Gasteiger partial charge in [-0.1, -0.05) is 6.07 Å². The van der Waals surface area contributed by atoms with Gasteiger partial charge >= 0.3 is 0 Å². The first-order chi connectivity index (χ1) is 11.2. The minimum absolute atomic E-state index is 0.257. The van der Waals surface area contributed by atoms with Crippen molar-refractivity contribution in [2.24, 2.45) is 0 Å². The summed E-state index contributed by atoms with van der Waals surface area (Å²) >= 11 is 0. The van der Waals surface area contributed by atoms with Gasteiger partial charge < -0.3 is 10.1 Å². The molecule has 1 N–H and O–H groups in total. The standard InChI is InChI=1S/C16H13N5O2/c1-11-4-2-6-13(19-11)16(22)21-14-9-18-10-15(20-14)23-12-5-3-7-17-8-12/h2-10H,1H3,(H,20,21,22). The highest BCUT2D eigenvalue weighted by molar-refractivity contribution is 6.02. The largest absolute Gasteiger partial charge is 0.436 e. The molecule has 0 aliphatic heterocycles. The smallest absolute Gasteiger partial charge is 0.275 e. The number of nitrogens with one attached hydrogen (secondary N) is 1. The zero-order chi connectivity index (χ0) is 16.1. The third-order valence-electron chi connectivity index (χ3n) is 2.83. The zero-order valence-electron chi connectivity index (χ0n) is 12.3. The summed E-state index contributed by atoms with van der Waals surface area (Å²) in [5.41, 5.74) is 1.07. The second-order valence-corrected chi connectivity index (χ2v) is 4.65. The number of aromatic nitrogens is 4. The predicted molar refractivity (Wildman–Crippen MR) is 83.3 cm³/mol. The molecule has 3 rings (SSSR count). The van der Waals surface area contributed by atoms with Crippen molar-refractivity contribution in [3.8, 4) is 11.6 Å². The molecule has 23 heavy (non-hydrogen) atoms. The third-order valence-corrected chi connectivity index (χ3v) is 2.83. The molecule has 7 nitrogen and oxygen atoms in total. The molecule has 0 spiro atoms. The summed E-state index contributed by atoms with van der Waals surface area (Å²) < 4.78 is 5.52. The topological polar surface area (TPSA) is 89.9 Å². The maximum Gasteiger partial charge on any atom is 0.275 e. The minimum Gasteiger partial charge on any atom is -0.436 e. The number of carbonyl (C=O) groups excluding carboxylic acids is 1. The summed E-state index contributed by atoms with van der Waals surface area (Å²) in [5.74, 6) is 0.708. The average molecular weight is 307 g/mol. The Morgan fingerprint density at radius 3 is 2.74 bits per heavy atom. The van der Waals surface area contributed by atoms with Crippen molar-refractivity contribution in [3.05, 3.63) is 66.5 Å². The van der Waals surface area contributed by atoms with Gasteiger partial charge in [0.25, 0.3) is 5.91 Å². The molecule has 0 radical (unpaired) electrons. The molecule has 0 saturated carbocycles. The molecule has 0 fully saturated rings. The molecule has 0 aromatic carbocycles. The molecular weight excluding hydrogens is 294 g/mol. The molecule has 3 heterocycles. The van der Waals surface area contributed by atoms with Gasteiger partial charge in [0.05, 0.1) is 18.6 Å². The predicted octanol–water partition coefficient (Wildman–Crippen LogP) is 2.62. The average Bonchev–Trinajstić information content (AvgIpc) is 2.56. The van der Waals surface area contributed by atoms with Crippen molar-refractivity contribution in [2.45, 2.75) is 6.92 Å². The van der Waals surface area contributed by atoms with Crippen LogP contribution in [0.25, 0.3) is 0 Å². The third kappa shape index (κ3) is 3.85. The number of hydrogen-bond acceptors (Lipinski definition) is 6. The molecule has 114 valence electrons. The first kappa shape index (κ1) is 14.6. The molecule has 3 aromatic heterocycles. The fraction of sp³-hybridized carbons (Fsp3) is 0.0625. The Bertz CT molecular complexity index is 823. The highest BCUT2D eigenvalue weighted by atomic mass is 16.5. The quantitative estimate of drug-likeness (QED) is 0.797. The normalized spacial score (nSPS) is 10.1. The number of hydrogen-bond donors (Lipinski definition) is 1. The Morgan fingerprint density at radius 2 is 1.96 bits per heavy atom. The lowest BCUT2D eigenvalue weighted by Crippen LogP contribution is -2.15. The van der Waals surface area contributed by atoms with E-state index in [4.69, 9.17) is 4.74 Å². The molecular formula is C16H13N5O2. The number of carbonyl (C=O) groups is 1. The lowest BCUT2D eigenvalue weighted by Gasteiger charge is -2.07. The van der Waals surface area contributed by atoms with Gasteiger partial charge in [-0.15, -0.1) is 0 Å². The molecule has 0 aliphatic carbocycles.